The van der Waals surface area contributed by atoms with Crippen molar-refractivity contribution in [1.29, 1.82) is 5.26 Å². The summed E-state index contributed by atoms with van der Waals surface area (Å²) in [5.41, 5.74) is 9.89. The number of ether oxygens (including phenoxy) is 2. The average molecular weight is 500 g/mol. The van der Waals surface area contributed by atoms with Gasteiger partial charge in [0.1, 0.15) is 30.9 Å². The van der Waals surface area contributed by atoms with Crippen LogP contribution in [0.4, 0.5) is 10.5 Å². The van der Waals surface area contributed by atoms with Gasteiger partial charge in [-0.15, -0.1) is 5.12 Å². The van der Waals surface area contributed by atoms with Crippen molar-refractivity contribution >= 4 is 29.0 Å². The molecule has 2 aromatic carbocycles. The Morgan fingerprint density at radius 3 is 2.70 bits per heavy atom. The number of aromatic nitrogens is 1. The van der Waals surface area contributed by atoms with Crippen LogP contribution in [0.15, 0.2) is 47.6 Å². The zero-order chi connectivity index (χ0) is 25.4. The molecule has 1 aliphatic heterocycles. The molecule has 0 bridgehead atoms. The molecule has 2 fully saturated rings. The van der Waals surface area contributed by atoms with E-state index in [0.29, 0.717) is 36.4 Å². The van der Waals surface area contributed by atoms with Gasteiger partial charge in [-0.25, -0.2) is 10.3 Å². The van der Waals surface area contributed by atoms with E-state index >= 15 is 0 Å². The van der Waals surface area contributed by atoms with E-state index < -0.39 is 6.09 Å². The van der Waals surface area contributed by atoms with Gasteiger partial charge in [-0.1, -0.05) is 12.1 Å². The lowest BCUT2D eigenvalue weighted by atomic mass is 10.1. The Hall–Kier alpha value is -4.23. The standard InChI is InChI=1S/C27H29N7O3/c1-17(18-2-3-18)37-27(35)31-20-6-4-19(5-7-20)26-24(15-28)23-11-10-22(14-25(23)34(26)21-8-9-21)36-13-12-33-30-16-29-32-33/h4-7,10-11,14,16-18,21,32H,2-3,8-9,12-13H2,1H3,(H,29,30)(H,31,35). The van der Waals surface area contributed by atoms with E-state index in [0.717, 1.165) is 53.6 Å². The molecule has 2 aliphatic carbocycles. The van der Waals surface area contributed by atoms with E-state index in [-0.39, 0.29) is 6.10 Å². The van der Waals surface area contributed by atoms with Crippen molar-refractivity contribution in [3.8, 4) is 23.1 Å². The number of amides is 1. The summed E-state index contributed by atoms with van der Waals surface area (Å²) in [6, 6.07) is 16.3. The zero-order valence-electron chi connectivity index (χ0n) is 20.6. The van der Waals surface area contributed by atoms with Gasteiger partial charge in [-0.05, 0) is 68.4 Å². The molecule has 10 nitrogen and oxygen atoms in total. The van der Waals surface area contributed by atoms with Crippen molar-refractivity contribution < 1.29 is 14.3 Å². The van der Waals surface area contributed by atoms with Crippen LogP contribution in [-0.2, 0) is 4.74 Å². The summed E-state index contributed by atoms with van der Waals surface area (Å²) in [4.78, 5) is 12.3. The number of carbonyl (C=O) groups excluding carboxylic acids is 1. The van der Waals surface area contributed by atoms with Gasteiger partial charge in [0.2, 0.25) is 0 Å². The van der Waals surface area contributed by atoms with Crippen LogP contribution in [0, 0.1) is 17.2 Å². The summed E-state index contributed by atoms with van der Waals surface area (Å²) in [6.45, 7) is 3.00. The first-order valence-corrected chi connectivity index (χ1v) is 12.7. The van der Waals surface area contributed by atoms with Gasteiger partial charge in [-0.3, -0.25) is 10.7 Å². The largest absolute Gasteiger partial charge is 0.492 e. The van der Waals surface area contributed by atoms with Gasteiger partial charge in [0.15, 0.2) is 0 Å². The minimum atomic E-state index is -0.437. The molecule has 37 heavy (non-hydrogen) atoms. The molecule has 3 aromatic rings. The highest BCUT2D eigenvalue weighted by Crippen LogP contribution is 2.45. The van der Waals surface area contributed by atoms with Gasteiger partial charge in [0.25, 0.3) is 0 Å². The van der Waals surface area contributed by atoms with Crippen LogP contribution in [0.1, 0.15) is 44.2 Å². The Bertz CT molecular complexity index is 1380. The van der Waals surface area contributed by atoms with Crippen molar-refractivity contribution in [1.82, 2.24) is 20.6 Å². The normalized spacial score (nSPS) is 17.6. The number of hydrazine groups is 2. The Morgan fingerprint density at radius 2 is 2.03 bits per heavy atom. The molecule has 1 atom stereocenters. The molecule has 1 amide bonds. The summed E-state index contributed by atoms with van der Waals surface area (Å²) in [5.74, 6) is 1.24. The third-order valence-corrected chi connectivity index (χ3v) is 7.02. The monoisotopic (exact) mass is 499 g/mol. The Kier molecular flexibility index (Phi) is 6.06. The van der Waals surface area contributed by atoms with Crippen molar-refractivity contribution in [2.45, 2.75) is 44.8 Å². The molecule has 0 saturated heterocycles. The maximum atomic E-state index is 12.3. The maximum absolute atomic E-state index is 12.3. The first-order valence-electron chi connectivity index (χ1n) is 12.7. The number of rotatable bonds is 9. The van der Waals surface area contributed by atoms with E-state index in [2.05, 4.69) is 32.0 Å². The quantitative estimate of drug-likeness (QED) is 0.397. The second-order valence-electron chi connectivity index (χ2n) is 9.75. The molecule has 1 unspecified atom stereocenters. The van der Waals surface area contributed by atoms with Crippen molar-refractivity contribution in [2.24, 2.45) is 11.0 Å². The zero-order valence-corrected chi connectivity index (χ0v) is 20.6. The lowest BCUT2D eigenvalue weighted by molar-refractivity contribution is 0.108. The highest BCUT2D eigenvalue weighted by molar-refractivity contribution is 5.96. The van der Waals surface area contributed by atoms with Crippen molar-refractivity contribution in [2.75, 3.05) is 18.5 Å². The van der Waals surface area contributed by atoms with Gasteiger partial charge in [0.05, 0.1) is 23.3 Å². The smallest absolute Gasteiger partial charge is 0.411 e. The predicted octanol–water partition coefficient (Wildman–Crippen LogP) is 4.51. The number of anilines is 1. The van der Waals surface area contributed by atoms with Crippen molar-refractivity contribution in [3.63, 3.8) is 0 Å². The van der Waals surface area contributed by atoms with E-state index in [1.54, 1.807) is 11.5 Å². The minimum Gasteiger partial charge on any atom is -0.492 e. The Morgan fingerprint density at radius 1 is 1.22 bits per heavy atom. The van der Waals surface area contributed by atoms with Crippen molar-refractivity contribution in [3.05, 3.63) is 48.0 Å². The lowest BCUT2D eigenvalue weighted by Crippen LogP contribution is -2.41. The third kappa shape index (κ3) is 4.90. The molecular weight excluding hydrogens is 470 g/mol. The van der Waals surface area contributed by atoms with Crippen LogP contribution in [0.25, 0.3) is 22.2 Å². The highest BCUT2D eigenvalue weighted by Gasteiger charge is 2.32. The number of hydrogen-bond donors (Lipinski definition) is 3. The molecular formula is C27H29N7O3. The number of nitrogens with one attached hydrogen (secondary N) is 3. The number of nitriles is 1. The highest BCUT2D eigenvalue weighted by atomic mass is 16.6. The molecule has 3 N–H and O–H groups in total. The van der Waals surface area contributed by atoms with E-state index in [9.17, 15) is 10.1 Å². The van der Waals surface area contributed by atoms with Crippen LogP contribution in [0.3, 0.4) is 0 Å². The van der Waals surface area contributed by atoms with E-state index in [1.165, 1.54) is 0 Å². The SMILES string of the molecule is CC(OC(=O)Nc1ccc(-c2c(C#N)c3ccc(OCCN4NC=NN4)cc3n2C2CC2)cc1)C1CC1. The van der Waals surface area contributed by atoms with Gasteiger partial charge >= 0.3 is 6.09 Å². The van der Waals surface area contributed by atoms with Crippen LogP contribution in [-0.4, -0.2) is 41.4 Å². The summed E-state index contributed by atoms with van der Waals surface area (Å²) < 4.78 is 13.7. The van der Waals surface area contributed by atoms with Crippen LogP contribution >= 0.6 is 0 Å². The molecule has 2 saturated carbocycles. The van der Waals surface area contributed by atoms with E-state index in [4.69, 9.17) is 9.47 Å². The van der Waals surface area contributed by atoms with Crippen LogP contribution in [0.2, 0.25) is 0 Å². The number of hydrogen-bond acceptors (Lipinski definition) is 8. The molecule has 190 valence electrons. The fourth-order valence-electron chi connectivity index (χ4n) is 4.77. The van der Waals surface area contributed by atoms with Gasteiger partial charge in [0, 0.05) is 23.2 Å². The summed E-state index contributed by atoms with van der Waals surface area (Å²) in [7, 11) is 0. The molecule has 3 aliphatic rings. The molecule has 6 rings (SSSR count). The topological polar surface area (TPSA) is 116 Å². The number of nitrogens with zero attached hydrogens (tertiary/aromatic N) is 4. The van der Waals surface area contributed by atoms with Crippen LogP contribution < -0.4 is 21.0 Å². The molecule has 1 aromatic heterocycles. The number of benzene rings is 2. The Labute approximate surface area is 214 Å². The van der Waals surface area contributed by atoms with Gasteiger partial charge < -0.3 is 14.0 Å². The summed E-state index contributed by atoms with van der Waals surface area (Å²) in [5, 5.41) is 19.5. The summed E-state index contributed by atoms with van der Waals surface area (Å²) in [6.07, 6.45) is 5.46. The third-order valence-electron chi connectivity index (χ3n) is 7.02. The van der Waals surface area contributed by atoms with E-state index in [1.807, 2.05) is 49.4 Å². The van der Waals surface area contributed by atoms with Crippen LogP contribution in [0.5, 0.6) is 5.75 Å². The lowest BCUT2D eigenvalue weighted by Gasteiger charge is -2.15. The maximum Gasteiger partial charge on any atom is 0.411 e. The molecule has 2 heterocycles. The van der Waals surface area contributed by atoms with Gasteiger partial charge in [-0.2, -0.15) is 10.4 Å². The fourth-order valence-corrected chi connectivity index (χ4v) is 4.77. The Balaban J connectivity index is 1.24. The number of fused-ring (bicyclic) bond motifs is 1. The minimum absolute atomic E-state index is 0.0665. The molecule has 0 radical (unpaired) electrons. The number of carbonyl (C=O) groups is 1. The predicted molar refractivity (Wildman–Crippen MR) is 140 cm³/mol. The number of hydrazone groups is 1. The molecule has 10 heteroatoms. The first kappa shape index (κ1) is 23.2. The molecule has 0 spiro atoms. The second-order valence-corrected chi connectivity index (χ2v) is 9.75. The second kappa shape index (κ2) is 9.67. The summed E-state index contributed by atoms with van der Waals surface area (Å²) >= 11 is 0. The first-order chi connectivity index (χ1) is 18.1. The average Bonchev–Trinajstić information content (AvgIpc) is 3.84. The fraction of sp³-hybridized carbons (Fsp3) is 0.370.